The van der Waals surface area contributed by atoms with Crippen molar-refractivity contribution in [1.29, 1.82) is 0 Å². The molecule has 0 unspecified atom stereocenters. The Kier molecular flexibility index (Phi) is 3.46. The van der Waals surface area contributed by atoms with Crippen molar-refractivity contribution < 1.29 is 29.3 Å². The molecule has 1 aromatic carbocycles. The second-order valence-corrected chi connectivity index (χ2v) is 4.16. The van der Waals surface area contributed by atoms with Crippen LogP contribution in [0.5, 0.6) is 11.5 Å². The van der Waals surface area contributed by atoms with Crippen molar-refractivity contribution >= 4 is 12.1 Å². The normalized spacial score (nSPS) is 21.2. The van der Waals surface area contributed by atoms with Crippen LogP contribution in [0.25, 0.3) is 0 Å². The van der Waals surface area contributed by atoms with Crippen molar-refractivity contribution in [3.63, 3.8) is 0 Å². The molecule has 19 heavy (non-hydrogen) atoms. The number of hydrogen-bond donors (Lipinski definition) is 3. The van der Waals surface area contributed by atoms with Crippen LogP contribution in [0.15, 0.2) is 18.2 Å². The summed E-state index contributed by atoms with van der Waals surface area (Å²) in [4.78, 5) is 22.4. The molecule has 3 N–H and O–H groups in total. The SMILES string of the molecule is C[C@@H]1OC(=O)[C@@H]1NC(=O)OCc1ccc(O)c(O)c1. The number of aromatic hydroxyl groups is 2. The molecule has 1 saturated heterocycles. The first-order valence-electron chi connectivity index (χ1n) is 5.62. The van der Waals surface area contributed by atoms with Crippen LogP contribution in [0.4, 0.5) is 4.79 Å². The predicted octanol–water partition coefficient (Wildman–Crippen LogP) is 0.638. The van der Waals surface area contributed by atoms with Crippen molar-refractivity contribution in [1.82, 2.24) is 5.32 Å². The molecule has 1 aromatic rings. The molecular weight excluding hydrogens is 254 g/mol. The summed E-state index contributed by atoms with van der Waals surface area (Å²) < 4.78 is 9.55. The third-order valence-electron chi connectivity index (χ3n) is 2.71. The summed E-state index contributed by atoms with van der Waals surface area (Å²) in [5.74, 6) is -1.04. The van der Waals surface area contributed by atoms with Gasteiger partial charge in [0.2, 0.25) is 0 Å². The van der Waals surface area contributed by atoms with E-state index in [1.807, 2.05) is 0 Å². The highest BCUT2D eigenvalue weighted by Gasteiger charge is 2.40. The molecule has 7 heteroatoms. The van der Waals surface area contributed by atoms with E-state index in [0.29, 0.717) is 5.56 Å². The van der Waals surface area contributed by atoms with Crippen LogP contribution in [0, 0.1) is 0 Å². The largest absolute Gasteiger partial charge is 0.504 e. The van der Waals surface area contributed by atoms with Gasteiger partial charge < -0.3 is 25.0 Å². The van der Waals surface area contributed by atoms with Crippen LogP contribution in [-0.4, -0.2) is 34.4 Å². The third-order valence-corrected chi connectivity index (χ3v) is 2.71. The fourth-order valence-electron chi connectivity index (χ4n) is 1.60. The van der Waals surface area contributed by atoms with Crippen LogP contribution >= 0.6 is 0 Å². The Hall–Kier alpha value is -2.44. The van der Waals surface area contributed by atoms with Crippen LogP contribution in [-0.2, 0) is 20.9 Å². The lowest BCUT2D eigenvalue weighted by atomic mass is 10.1. The zero-order valence-corrected chi connectivity index (χ0v) is 10.1. The highest BCUT2D eigenvalue weighted by molar-refractivity contribution is 5.86. The number of nitrogens with one attached hydrogen (secondary N) is 1. The van der Waals surface area contributed by atoms with Crippen molar-refractivity contribution in [3.8, 4) is 11.5 Å². The van der Waals surface area contributed by atoms with Gasteiger partial charge in [-0.15, -0.1) is 0 Å². The van der Waals surface area contributed by atoms with Gasteiger partial charge in [-0.2, -0.15) is 0 Å². The van der Waals surface area contributed by atoms with E-state index in [9.17, 15) is 14.7 Å². The van der Waals surface area contributed by atoms with Gasteiger partial charge in [-0.05, 0) is 24.6 Å². The average molecular weight is 267 g/mol. The smallest absolute Gasteiger partial charge is 0.408 e. The topological polar surface area (TPSA) is 105 Å². The molecule has 0 radical (unpaired) electrons. The number of esters is 1. The lowest BCUT2D eigenvalue weighted by Crippen LogP contribution is -2.58. The number of carbonyl (C=O) groups excluding carboxylic acids is 2. The number of ether oxygens (including phenoxy) is 2. The predicted molar refractivity (Wildman–Crippen MR) is 62.4 cm³/mol. The molecule has 0 bridgehead atoms. The molecule has 0 saturated carbocycles. The van der Waals surface area contributed by atoms with Crippen molar-refractivity contribution in [2.75, 3.05) is 0 Å². The van der Waals surface area contributed by atoms with Crippen LogP contribution < -0.4 is 5.32 Å². The van der Waals surface area contributed by atoms with E-state index < -0.39 is 18.1 Å². The van der Waals surface area contributed by atoms with Gasteiger partial charge in [0.15, 0.2) is 17.5 Å². The van der Waals surface area contributed by atoms with Gasteiger partial charge in [-0.3, -0.25) is 0 Å². The number of phenolic OH excluding ortho intramolecular Hbond substituents is 2. The van der Waals surface area contributed by atoms with E-state index in [0.717, 1.165) is 0 Å². The van der Waals surface area contributed by atoms with E-state index in [-0.39, 0.29) is 24.2 Å². The molecule has 0 aliphatic carbocycles. The van der Waals surface area contributed by atoms with Gasteiger partial charge in [0.25, 0.3) is 0 Å². The Morgan fingerprint density at radius 1 is 1.42 bits per heavy atom. The summed E-state index contributed by atoms with van der Waals surface area (Å²) in [7, 11) is 0. The first kappa shape index (κ1) is 13.0. The Labute approximate surface area is 108 Å². The molecule has 0 aromatic heterocycles. The summed E-state index contributed by atoms with van der Waals surface area (Å²) in [5.41, 5.74) is 0.509. The number of benzene rings is 1. The number of cyclic esters (lactones) is 1. The second-order valence-electron chi connectivity index (χ2n) is 4.16. The minimum atomic E-state index is -0.749. The van der Waals surface area contributed by atoms with Crippen LogP contribution in [0.2, 0.25) is 0 Å². The molecule has 2 rings (SSSR count). The molecule has 1 fully saturated rings. The summed E-state index contributed by atoms with van der Waals surface area (Å²) in [6.07, 6.45) is -1.11. The summed E-state index contributed by atoms with van der Waals surface area (Å²) in [5, 5.41) is 20.7. The van der Waals surface area contributed by atoms with Gasteiger partial charge in [0, 0.05) is 0 Å². The fraction of sp³-hybridized carbons (Fsp3) is 0.333. The molecular formula is C12H13NO6. The molecule has 2 atom stereocenters. The lowest BCUT2D eigenvalue weighted by molar-refractivity contribution is -0.174. The summed E-state index contributed by atoms with van der Waals surface area (Å²) in [6.45, 7) is 1.57. The van der Waals surface area contributed by atoms with Gasteiger partial charge >= 0.3 is 12.1 Å². The van der Waals surface area contributed by atoms with Gasteiger partial charge in [0.05, 0.1) is 0 Å². The number of rotatable bonds is 3. The molecule has 1 amide bonds. The zero-order chi connectivity index (χ0) is 14.0. The Morgan fingerprint density at radius 2 is 2.16 bits per heavy atom. The van der Waals surface area contributed by atoms with E-state index >= 15 is 0 Å². The minimum absolute atomic E-state index is 0.0875. The molecule has 7 nitrogen and oxygen atoms in total. The average Bonchev–Trinajstić information content (AvgIpc) is 2.38. The van der Waals surface area contributed by atoms with Gasteiger partial charge in [0.1, 0.15) is 12.7 Å². The quantitative estimate of drug-likeness (QED) is 0.548. The highest BCUT2D eigenvalue weighted by atomic mass is 16.6. The summed E-state index contributed by atoms with van der Waals surface area (Å²) in [6, 6.07) is 3.39. The van der Waals surface area contributed by atoms with Crippen LogP contribution in [0.3, 0.4) is 0 Å². The number of phenols is 2. The van der Waals surface area contributed by atoms with Crippen molar-refractivity contribution in [2.24, 2.45) is 0 Å². The second kappa shape index (κ2) is 5.05. The Morgan fingerprint density at radius 3 is 2.74 bits per heavy atom. The monoisotopic (exact) mass is 267 g/mol. The molecule has 1 heterocycles. The molecule has 1 aliphatic heterocycles. The molecule has 102 valence electrons. The van der Waals surface area contributed by atoms with E-state index in [2.05, 4.69) is 10.1 Å². The van der Waals surface area contributed by atoms with Crippen molar-refractivity contribution in [2.45, 2.75) is 25.7 Å². The van der Waals surface area contributed by atoms with E-state index in [1.165, 1.54) is 18.2 Å². The minimum Gasteiger partial charge on any atom is -0.504 e. The van der Waals surface area contributed by atoms with E-state index in [1.54, 1.807) is 6.92 Å². The Bertz CT molecular complexity index is 515. The Balaban J connectivity index is 1.83. The van der Waals surface area contributed by atoms with Crippen LogP contribution in [0.1, 0.15) is 12.5 Å². The van der Waals surface area contributed by atoms with Gasteiger partial charge in [-0.25, -0.2) is 9.59 Å². The fourth-order valence-corrected chi connectivity index (χ4v) is 1.60. The number of hydrogen-bond acceptors (Lipinski definition) is 6. The molecule has 0 spiro atoms. The third kappa shape index (κ3) is 2.87. The maximum Gasteiger partial charge on any atom is 0.408 e. The van der Waals surface area contributed by atoms with E-state index in [4.69, 9.17) is 9.84 Å². The van der Waals surface area contributed by atoms with Crippen molar-refractivity contribution in [3.05, 3.63) is 23.8 Å². The molecule has 1 aliphatic rings. The lowest BCUT2D eigenvalue weighted by Gasteiger charge is -2.32. The number of amides is 1. The first-order valence-corrected chi connectivity index (χ1v) is 5.62. The highest BCUT2D eigenvalue weighted by Crippen LogP contribution is 2.25. The first-order chi connectivity index (χ1) is 8.97. The standard InChI is InChI=1S/C12H13NO6/c1-6-10(11(16)19-6)13-12(17)18-5-7-2-3-8(14)9(15)4-7/h2-4,6,10,14-15H,5H2,1H3,(H,13,17)/t6-,10+/m0/s1. The maximum absolute atomic E-state index is 11.4. The maximum atomic E-state index is 11.4. The number of alkyl carbamates (subject to hydrolysis) is 1. The number of carbonyl (C=O) groups is 2. The van der Waals surface area contributed by atoms with Gasteiger partial charge in [-0.1, -0.05) is 6.07 Å². The zero-order valence-electron chi connectivity index (χ0n) is 10.1. The summed E-state index contributed by atoms with van der Waals surface area (Å²) >= 11 is 0.